The van der Waals surface area contributed by atoms with Crippen LogP contribution in [-0.2, 0) is 15.8 Å². The molecule has 0 radical (unpaired) electrons. The van der Waals surface area contributed by atoms with Gasteiger partial charge in [-0.05, 0) is 56.8 Å². The molecule has 0 aliphatic rings. The Bertz CT molecular complexity index is 967. The first-order chi connectivity index (χ1) is 14.4. The first-order valence-corrected chi connectivity index (χ1v) is 9.62. The fraction of sp³-hybridized carbons (Fsp3) is 0.333. The molecule has 1 unspecified atom stereocenters. The van der Waals surface area contributed by atoms with E-state index in [1.54, 1.807) is 26.1 Å². The molecule has 31 heavy (non-hydrogen) atoms. The van der Waals surface area contributed by atoms with Crippen molar-refractivity contribution in [1.29, 1.82) is 0 Å². The van der Waals surface area contributed by atoms with Gasteiger partial charge in [0.25, 0.3) is 0 Å². The van der Waals surface area contributed by atoms with Crippen LogP contribution < -0.4 is 15.4 Å². The Hall–Kier alpha value is -2.78. The highest BCUT2D eigenvalue weighted by atomic mass is 35.5. The number of hydrogen-bond donors (Lipinski definition) is 2. The minimum atomic E-state index is -4.64. The first-order valence-electron chi connectivity index (χ1n) is 9.24. The van der Waals surface area contributed by atoms with E-state index in [1.165, 1.54) is 18.1 Å². The summed E-state index contributed by atoms with van der Waals surface area (Å²) in [5.41, 5.74) is 0.340. The maximum atomic E-state index is 13.0. The Kier molecular flexibility index (Phi) is 7.91. The third-order valence-electron chi connectivity index (χ3n) is 4.60. The Morgan fingerprint density at radius 3 is 2.45 bits per heavy atom. The number of hydrogen-bond acceptors (Lipinski definition) is 4. The average Bonchev–Trinajstić information content (AvgIpc) is 2.68. The van der Waals surface area contributed by atoms with Crippen LogP contribution in [0.4, 0.5) is 24.5 Å². The van der Waals surface area contributed by atoms with E-state index in [0.717, 1.165) is 17.7 Å². The number of alkyl halides is 3. The van der Waals surface area contributed by atoms with Crippen LogP contribution in [-0.4, -0.2) is 43.5 Å². The molecule has 2 aromatic carbocycles. The largest absolute Gasteiger partial charge is 0.495 e. The molecule has 0 saturated carbocycles. The van der Waals surface area contributed by atoms with Crippen molar-refractivity contribution < 1.29 is 27.5 Å². The van der Waals surface area contributed by atoms with Crippen LogP contribution in [0, 0.1) is 6.92 Å². The SMILES string of the molecule is COc1ccc(C)cc1NC(=O)C(C)N(C)CC(=O)Nc1ccc(Cl)c(C(F)(F)F)c1. The molecule has 0 fully saturated rings. The molecule has 168 valence electrons. The number of aryl methyl sites for hydroxylation is 1. The van der Waals surface area contributed by atoms with Gasteiger partial charge in [0.05, 0.1) is 36.0 Å². The molecule has 0 aliphatic heterocycles. The van der Waals surface area contributed by atoms with E-state index in [9.17, 15) is 22.8 Å². The number of halogens is 4. The number of anilines is 2. The molecule has 0 saturated heterocycles. The molecular weight excluding hydrogens is 435 g/mol. The predicted molar refractivity (Wildman–Crippen MR) is 114 cm³/mol. The summed E-state index contributed by atoms with van der Waals surface area (Å²) in [5.74, 6) is -0.453. The number of benzene rings is 2. The number of carbonyl (C=O) groups is 2. The van der Waals surface area contributed by atoms with Crippen molar-refractivity contribution in [2.45, 2.75) is 26.1 Å². The Morgan fingerprint density at radius 1 is 1.16 bits per heavy atom. The smallest absolute Gasteiger partial charge is 0.417 e. The summed E-state index contributed by atoms with van der Waals surface area (Å²) in [6.07, 6.45) is -4.64. The van der Waals surface area contributed by atoms with Gasteiger partial charge in [-0.15, -0.1) is 0 Å². The molecule has 0 aromatic heterocycles. The van der Waals surface area contributed by atoms with Gasteiger partial charge in [-0.3, -0.25) is 14.5 Å². The molecule has 0 aliphatic carbocycles. The molecule has 0 bridgehead atoms. The maximum Gasteiger partial charge on any atom is 0.417 e. The van der Waals surface area contributed by atoms with Crippen molar-refractivity contribution in [3.8, 4) is 5.75 Å². The minimum absolute atomic E-state index is 0.0447. The second kappa shape index (κ2) is 10.0. The fourth-order valence-corrected chi connectivity index (χ4v) is 2.97. The highest BCUT2D eigenvalue weighted by molar-refractivity contribution is 6.31. The van der Waals surface area contributed by atoms with E-state index >= 15 is 0 Å². The van der Waals surface area contributed by atoms with E-state index in [0.29, 0.717) is 11.4 Å². The van der Waals surface area contributed by atoms with Crippen molar-refractivity contribution >= 4 is 34.8 Å². The molecule has 2 aromatic rings. The van der Waals surface area contributed by atoms with Crippen LogP contribution in [0.5, 0.6) is 5.75 Å². The summed E-state index contributed by atoms with van der Waals surface area (Å²) in [6, 6.07) is 7.73. The van der Waals surface area contributed by atoms with Gasteiger partial charge in [0.2, 0.25) is 11.8 Å². The molecule has 2 N–H and O–H groups in total. The van der Waals surface area contributed by atoms with Crippen LogP contribution in [0.3, 0.4) is 0 Å². The number of amides is 2. The van der Waals surface area contributed by atoms with Crippen LogP contribution in [0.15, 0.2) is 36.4 Å². The number of methoxy groups -OCH3 is 1. The fourth-order valence-electron chi connectivity index (χ4n) is 2.74. The van der Waals surface area contributed by atoms with Gasteiger partial charge >= 0.3 is 6.18 Å². The standard InChI is InChI=1S/C21H23ClF3N3O3/c1-12-5-8-18(31-4)17(9-12)27-20(30)13(2)28(3)11-19(29)26-14-6-7-16(22)15(10-14)21(23,24)25/h5-10,13H,11H2,1-4H3,(H,26,29)(H,27,30). The number of ether oxygens (including phenoxy) is 1. The lowest BCUT2D eigenvalue weighted by atomic mass is 10.2. The zero-order valence-corrected chi connectivity index (χ0v) is 18.2. The summed E-state index contributed by atoms with van der Waals surface area (Å²) in [6.45, 7) is 3.26. The van der Waals surface area contributed by atoms with Crippen LogP contribution in [0.2, 0.25) is 5.02 Å². The van der Waals surface area contributed by atoms with E-state index in [-0.39, 0.29) is 18.1 Å². The number of likely N-dealkylation sites (N-methyl/N-ethyl adjacent to an activating group) is 1. The zero-order chi connectivity index (χ0) is 23.3. The Balaban J connectivity index is 2.01. The van der Waals surface area contributed by atoms with Crippen molar-refractivity contribution in [2.75, 3.05) is 31.3 Å². The van der Waals surface area contributed by atoms with Gasteiger partial charge in [0.15, 0.2) is 0 Å². The van der Waals surface area contributed by atoms with E-state index < -0.39 is 28.7 Å². The number of nitrogens with one attached hydrogen (secondary N) is 2. The summed E-state index contributed by atoms with van der Waals surface area (Å²) in [4.78, 5) is 26.3. The number of carbonyl (C=O) groups excluding carboxylic acids is 2. The predicted octanol–water partition coefficient (Wildman–Crippen LogP) is 4.57. The van der Waals surface area contributed by atoms with Crippen molar-refractivity contribution in [3.63, 3.8) is 0 Å². The van der Waals surface area contributed by atoms with Gasteiger partial charge in [0, 0.05) is 5.69 Å². The van der Waals surface area contributed by atoms with Gasteiger partial charge in [-0.2, -0.15) is 13.2 Å². The summed E-state index contributed by atoms with van der Waals surface area (Å²) >= 11 is 5.58. The van der Waals surface area contributed by atoms with Gasteiger partial charge < -0.3 is 15.4 Å². The summed E-state index contributed by atoms with van der Waals surface area (Å²) in [7, 11) is 3.04. The third-order valence-corrected chi connectivity index (χ3v) is 4.93. The monoisotopic (exact) mass is 457 g/mol. The highest BCUT2D eigenvalue weighted by Gasteiger charge is 2.33. The molecule has 2 rings (SSSR count). The van der Waals surface area contributed by atoms with E-state index in [1.807, 2.05) is 13.0 Å². The summed E-state index contributed by atoms with van der Waals surface area (Å²) < 4.78 is 44.1. The lowest BCUT2D eigenvalue weighted by molar-refractivity contribution is -0.137. The molecule has 1 atom stereocenters. The average molecular weight is 458 g/mol. The maximum absolute atomic E-state index is 13.0. The molecule has 0 spiro atoms. The minimum Gasteiger partial charge on any atom is -0.495 e. The lowest BCUT2D eigenvalue weighted by Gasteiger charge is -2.24. The first kappa shape index (κ1) is 24.5. The molecule has 0 heterocycles. The van der Waals surface area contributed by atoms with E-state index in [2.05, 4.69) is 10.6 Å². The van der Waals surface area contributed by atoms with Gasteiger partial charge in [-0.25, -0.2) is 0 Å². The summed E-state index contributed by atoms with van der Waals surface area (Å²) in [5, 5.41) is 4.69. The highest BCUT2D eigenvalue weighted by Crippen LogP contribution is 2.36. The van der Waals surface area contributed by atoms with Gasteiger partial charge in [-0.1, -0.05) is 17.7 Å². The quantitative estimate of drug-likeness (QED) is 0.638. The molecule has 6 nitrogen and oxygen atoms in total. The lowest BCUT2D eigenvalue weighted by Crippen LogP contribution is -2.43. The Morgan fingerprint density at radius 2 is 1.84 bits per heavy atom. The van der Waals surface area contributed by atoms with E-state index in [4.69, 9.17) is 16.3 Å². The molecule has 2 amide bonds. The van der Waals surface area contributed by atoms with Crippen LogP contribution >= 0.6 is 11.6 Å². The van der Waals surface area contributed by atoms with Crippen LogP contribution in [0.1, 0.15) is 18.1 Å². The third kappa shape index (κ3) is 6.60. The normalized spacial score (nSPS) is 12.4. The van der Waals surface area contributed by atoms with Gasteiger partial charge in [0.1, 0.15) is 5.75 Å². The Labute approximate surface area is 183 Å². The number of nitrogens with zero attached hydrogens (tertiary/aromatic N) is 1. The van der Waals surface area contributed by atoms with Crippen molar-refractivity contribution in [1.82, 2.24) is 4.90 Å². The zero-order valence-electron chi connectivity index (χ0n) is 17.4. The second-order valence-electron chi connectivity index (χ2n) is 7.02. The van der Waals surface area contributed by atoms with Crippen molar-refractivity contribution in [2.24, 2.45) is 0 Å². The topological polar surface area (TPSA) is 70.7 Å². The van der Waals surface area contributed by atoms with Crippen molar-refractivity contribution in [3.05, 3.63) is 52.5 Å². The second-order valence-corrected chi connectivity index (χ2v) is 7.43. The van der Waals surface area contributed by atoms with Crippen LogP contribution in [0.25, 0.3) is 0 Å². The molecular formula is C21H23ClF3N3O3. The number of rotatable bonds is 7. The molecule has 10 heteroatoms.